The van der Waals surface area contributed by atoms with E-state index in [4.69, 9.17) is 23.2 Å². The normalized spacial score (nSPS) is 10.6. The van der Waals surface area contributed by atoms with E-state index in [0.717, 1.165) is 0 Å². The van der Waals surface area contributed by atoms with Gasteiger partial charge < -0.3 is 0 Å². The molecule has 0 heterocycles. The largest absolute Gasteiger partial charge is 0.294 e. The summed E-state index contributed by atoms with van der Waals surface area (Å²) < 4.78 is 0. The van der Waals surface area contributed by atoms with Crippen molar-refractivity contribution in [3.05, 3.63) is 68.7 Å². The Morgan fingerprint density at radius 3 is 2.45 bits per heavy atom. The lowest BCUT2D eigenvalue weighted by Crippen LogP contribution is -2.02. The van der Waals surface area contributed by atoms with Crippen LogP contribution in [0.25, 0.3) is 0 Å². The lowest BCUT2D eigenvalue weighted by molar-refractivity contribution is 0.0983. The number of Topliss-reactive ketones (excluding diaryl/α,β-unsaturated/α-hetero) is 1. The predicted octanol–water partition coefficient (Wildman–Crippen LogP) is 5.43. The number of ketones is 1. The molecule has 0 radical (unpaired) electrons. The molecule has 0 aromatic heterocycles. The molecule has 0 bridgehead atoms. The van der Waals surface area contributed by atoms with E-state index in [-0.39, 0.29) is 5.78 Å². The first-order valence-electron chi connectivity index (χ1n) is 6.52. The number of hydrogen-bond acceptors (Lipinski definition) is 1. The Morgan fingerprint density at radius 1 is 1.00 bits per heavy atom. The summed E-state index contributed by atoms with van der Waals surface area (Å²) >= 11 is 11.9. The van der Waals surface area contributed by atoms with E-state index < -0.39 is 0 Å². The van der Waals surface area contributed by atoms with Crippen LogP contribution in [-0.2, 0) is 6.42 Å². The highest BCUT2D eigenvalue weighted by atomic mass is 35.5. The van der Waals surface area contributed by atoms with E-state index in [1.54, 1.807) is 18.2 Å². The molecule has 104 valence electrons. The Balaban J connectivity index is 2.08. The van der Waals surface area contributed by atoms with E-state index in [1.165, 1.54) is 16.7 Å². The Bertz CT molecular complexity index is 647. The van der Waals surface area contributed by atoms with Crippen molar-refractivity contribution in [2.75, 3.05) is 0 Å². The Labute approximate surface area is 129 Å². The summed E-state index contributed by atoms with van der Waals surface area (Å²) in [7, 11) is 0. The van der Waals surface area contributed by atoms with Crippen LogP contribution < -0.4 is 0 Å². The van der Waals surface area contributed by atoms with Gasteiger partial charge in [0.25, 0.3) is 0 Å². The smallest absolute Gasteiger partial charge is 0.164 e. The molecular weight excluding hydrogens is 291 g/mol. The number of carbonyl (C=O) groups is 1. The molecule has 0 unspecified atom stereocenters. The molecule has 0 spiro atoms. The molecule has 0 fully saturated rings. The van der Waals surface area contributed by atoms with Crippen LogP contribution in [0.2, 0.25) is 10.0 Å². The number of halogens is 2. The molecule has 3 heteroatoms. The van der Waals surface area contributed by atoms with Crippen LogP contribution in [0, 0.1) is 13.8 Å². The second-order valence-corrected chi connectivity index (χ2v) is 5.81. The highest BCUT2D eigenvalue weighted by molar-refractivity contribution is 6.35. The maximum Gasteiger partial charge on any atom is 0.164 e. The van der Waals surface area contributed by atoms with Crippen molar-refractivity contribution in [3.63, 3.8) is 0 Å². The Hall–Kier alpha value is -1.31. The van der Waals surface area contributed by atoms with Crippen molar-refractivity contribution in [3.8, 4) is 0 Å². The van der Waals surface area contributed by atoms with Crippen molar-refractivity contribution >= 4 is 29.0 Å². The maximum absolute atomic E-state index is 12.2. The maximum atomic E-state index is 12.2. The van der Waals surface area contributed by atoms with Gasteiger partial charge in [0.15, 0.2) is 5.78 Å². The summed E-state index contributed by atoms with van der Waals surface area (Å²) in [6.07, 6.45) is 1.14. The molecule has 0 saturated heterocycles. The standard InChI is InChI=1S/C17H16Cl2O/c1-11-3-4-13(9-12(11)2)5-8-17(20)15-10-14(18)6-7-16(15)19/h3-4,6-7,9-10H,5,8H2,1-2H3. The molecule has 0 aliphatic carbocycles. The summed E-state index contributed by atoms with van der Waals surface area (Å²) in [4.78, 5) is 12.2. The fraction of sp³-hybridized carbons (Fsp3) is 0.235. The minimum atomic E-state index is 0.0238. The Morgan fingerprint density at radius 2 is 1.75 bits per heavy atom. The van der Waals surface area contributed by atoms with Crippen LogP contribution >= 0.6 is 23.2 Å². The van der Waals surface area contributed by atoms with Crippen LogP contribution in [-0.4, -0.2) is 5.78 Å². The second kappa shape index (κ2) is 6.43. The molecular formula is C17H16Cl2O. The van der Waals surface area contributed by atoms with E-state index in [0.29, 0.717) is 28.5 Å². The first-order valence-corrected chi connectivity index (χ1v) is 7.27. The summed E-state index contributed by atoms with van der Waals surface area (Å²) in [6.45, 7) is 4.16. The summed E-state index contributed by atoms with van der Waals surface area (Å²) in [5.74, 6) is 0.0238. The summed E-state index contributed by atoms with van der Waals surface area (Å²) in [5.41, 5.74) is 4.18. The zero-order valence-corrected chi connectivity index (χ0v) is 13.1. The van der Waals surface area contributed by atoms with Gasteiger partial charge in [-0.3, -0.25) is 4.79 Å². The Kier molecular flexibility index (Phi) is 4.85. The van der Waals surface area contributed by atoms with Crippen LogP contribution in [0.5, 0.6) is 0 Å². The van der Waals surface area contributed by atoms with Crippen LogP contribution in [0.4, 0.5) is 0 Å². The first kappa shape index (κ1) is 15.1. The molecule has 2 rings (SSSR count). The molecule has 0 amide bonds. The second-order valence-electron chi connectivity index (χ2n) is 4.97. The van der Waals surface area contributed by atoms with Gasteiger partial charge in [-0.05, 0) is 55.2 Å². The fourth-order valence-corrected chi connectivity index (χ4v) is 2.46. The molecule has 0 N–H and O–H groups in total. The molecule has 1 nitrogen and oxygen atoms in total. The van der Waals surface area contributed by atoms with Crippen molar-refractivity contribution < 1.29 is 4.79 Å². The molecule has 0 aliphatic heterocycles. The quantitative estimate of drug-likeness (QED) is 0.689. The number of hydrogen-bond donors (Lipinski definition) is 0. The van der Waals surface area contributed by atoms with E-state index in [1.807, 2.05) is 0 Å². The fourth-order valence-electron chi connectivity index (χ4n) is 2.06. The molecule has 2 aromatic rings. The molecule has 0 atom stereocenters. The van der Waals surface area contributed by atoms with Gasteiger partial charge in [-0.1, -0.05) is 41.4 Å². The van der Waals surface area contributed by atoms with Crippen molar-refractivity contribution in [2.24, 2.45) is 0 Å². The average molecular weight is 307 g/mol. The van der Waals surface area contributed by atoms with Gasteiger partial charge >= 0.3 is 0 Å². The van der Waals surface area contributed by atoms with Gasteiger partial charge in [-0.15, -0.1) is 0 Å². The van der Waals surface area contributed by atoms with Crippen molar-refractivity contribution in [1.29, 1.82) is 0 Å². The minimum absolute atomic E-state index is 0.0238. The summed E-state index contributed by atoms with van der Waals surface area (Å²) in [5, 5.41) is 0.989. The third-order valence-electron chi connectivity index (χ3n) is 3.44. The average Bonchev–Trinajstić information content (AvgIpc) is 2.42. The highest BCUT2D eigenvalue weighted by Gasteiger charge is 2.11. The van der Waals surface area contributed by atoms with E-state index in [9.17, 15) is 4.79 Å². The highest BCUT2D eigenvalue weighted by Crippen LogP contribution is 2.22. The molecule has 0 saturated carbocycles. The van der Waals surface area contributed by atoms with Crippen LogP contribution in [0.3, 0.4) is 0 Å². The van der Waals surface area contributed by atoms with Gasteiger partial charge in [0.05, 0.1) is 5.02 Å². The third kappa shape index (κ3) is 3.62. The number of rotatable bonds is 4. The van der Waals surface area contributed by atoms with Crippen molar-refractivity contribution in [1.82, 2.24) is 0 Å². The van der Waals surface area contributed by atoms with Gasteiger partial charge in [0, 0.05) is 17.0 Å². The number of benzene rings is 2. The molecule has 20 heavy (non-hydrogen) atoms. The van der Waals surface area contributed by atoms with Crippen LogP contribution in [0.15, 0.2) is 36.4 Å². The lowest BCUT2D eigenvalue weighted by Gasteiger charge is -2.06. The van der Waals surface area contributed by atoms with Crippen LogP contribution in [0.1, 0.15) is 33.5 Å². The zero-order valence-electron chi connectivity index (χ0n) is 11.5. The monoisotopic (exact) mass is 306 g/mol. The predicted molar refractivity (Wildman–Crippen MR) is 85.0 cm³/mol. The molecule has 2 aromatic carbocycles. The summed E-state index contributed by atoms with van der Waals surface area (Å²) in [6, 6.07) is 11.3. The van der Waals surface area contributed by atoms with Gasteiger partial charge in [-0.25, -0.2) is 0 Å². The lowest BCUT2D eigenvalue weighted by atomic mass is 10.00. The van der Waals surface area contributed by atoms with E-state index in [2.05, 4.69) is 32.0 Å². The molecule has 0 aliphatic rings. The van der Waals surface area contributed by atoms with Gasteiger partial charge in [-0.2, -0.15) is 0 Å². The number of carbonyl (C=O) groups excluding carboxylic acids is 1. The van der Waals surface area contributed by atoms with Gasteiger partial charge in [0.2, 0.25) is 0 Å². The minimum Gasteiger partial charge on any atom is -0.294 e. The van der Waals surface area contributed by atoms with Crippen molar-refractivity contribution in [2.45, 2.75) is 26.7 Å². The topological polar surface area (TPSA) is 17.1 Å². The zero-order chi connectivity index (χ0) is 14.7. The first-order chi connectivity index (χ1) is 9.47. The SMILES string of the molecule is Cc1ccc(CCC(=O)c2cc(Cl)ccc2Cl)cc1C. The van der Waals surface area contributed by atoms with Gasteiger partial charge in [0.1, 0.15) is 0 Å². The number of aryl methyl sites for hydroxylation is 3. The third-order valence-corrected chi connectivity index (χ3v) is 4.01. The van der Waals surface area contributed by atoms with E-state index >= 15 is 0 Å².